The number of carbonyl (C=O) groups excluding carboxylic acids is 1. The minimum absolute atomic E-state index is 0.114. The minimum Gasteiger partial charge on any atom is -0.338 e. The lowest BCUT2D eigenvalue weighted by molar-refractivity contribution is -0.131. The zero-order chi connectivity index (χ0) is 24.8. The van der Waals surface area contributed by atoms with E-state index in [9.17, 15) is 13.2 Å². The Morgan fingerprint density at radius 2 is 1.77 bits per heavy atom. The molecule has 0 N–H and O–H groups in total. The third-order valence-electron chi connectivity index (χ3n) is 6.57. The summed E-state index contributed by atoms with van der Waals surface area (Å²) in [4.78, 5) is 20.2. The summed E-state index contributed by atoms with van der Waals surface area (Å²) in [5, 5.41) is 0. The van der Waals surface area contributed by atoms with Crippen molar-refractivity contribution >= 4 is 27.0 Å². The van der Waals surface area contributed by atoms with Gasteiger partial charge in [0.05, 0.1) is 15.9 Å². The standard InChI is InChI=1S/C27H36N4O3S/c1-3-16-29(21-22-10-6-5-7-11-22)27(32)15-14-26-28-24-20-23(12-13-25(24)31(26)17-4-2)35(33,34)30-18-8-9-19-30/h5-7,10-13,20H,3-4,8-9,14-19,21H2,1-2H3. The van der Waals surface area contributed by atoms with Gasteiger partial charge >= 0.3 is 0 Å². The summed E-state index contributed by atoms with van der Waals surface area (Å²) >= 11 is 0. The number of amides is 1. The van der Waals surface area contributed by atoms with E-state index in [2.05, 4.69) is 18.4 Å². The Labute approximate surface area is 208 Å². The van der Waals surface area contributed by atoms with Crippen LogP contribution < -0.4 is 0 Å². The third kappa shape index (κ3) is 5.76. The molecule has 188 valence electrons. The molecule has 3 aromatic rings. The van der Waals surface area contributed by atoms with Crippen LogP contribution in [0.5, 0.6) is 0 Å². The van der Waals surface area contributed by atoms with Crippen LogP contribution in [0.3, 0.4) is 0 Å². The van der Waals surface area contributed by atoms with Crippen molar-refractivity contribution in [3.63, 3.8) is 0 Å². The van der Waals surface area contributed by atoms with Crippen LogP contribution in [0.2, 0.25) is 0 Å². The van der Waals surface area contributed by atoms with Crippen molar-refractivity contribution in [2.45, 2.75) is 70.4 Å². The Bertz CT molecular complexity index is 1250. The van der Waals surface area contributed by atoms with E-state index in [1.54, 1.807) is 16.4 Å². The first-order chi connectivity index (χ1) is 16.9. The Morgan fingerprint density at radius 1 is 1.03 bits per heavy atom. The molecule has 1 fully saturated rings. The fourth-order valence-electron chi connectivity index (χ4n) is 4.80. The summed E-state index contributed by atoms with van der Waals surface area (Å²) in [5.74, 6) is 0.949. The molecule has 2 aromatic carbocycles. The monoisotopic (exact) mass is 496 g/mol. The molecule has 7 nitrogen and oxygen atoms in total. The summed E-state index contributed by atoms with van der Waals surface area (Å²) < 4.78 is 29.8. The van der Waals surface area contributed by atoms with Crippen LogP contribution in [0.15, 0.2) is 53.4 Å². The molecule has 1 saturated heterocycles. The molecule has 0 radical (unpaired) electrons. The van der Waals surface area contributed by atoms with Gasteiger partial charge < -0.3 is 9.47 Å². The van der Waals surface area contributed by atoms with Crippen molar-refractivity contribution in [1.82, 2.24) is 18.8 Å². The molecule has 0 atom stereocenters. The summed E-state index contributed by atoms with van der Waals surface area (Å²) in [6.07, 6.45) is 4.54. The molecule has 0 spiro atoms. The zero-order valence-corrected chi connectivity index (χ0v) is 21.6. The van der Waals surface area contributed by atoms with E-state index in [1.165, 1.54) is 0 Å². The van der Waals surface area contributed by atoms with Gasteiger partial charge in [-0.3, -0.25) is 4.79 Å². The highest BCUT2D eigenvalue weighted by molar-refractivity contribution is 7.89. The van der Waals surface area contributed by atoms with Crippen LogP contribution in [-0.4, -0.2) is 52.7 Å². The van der Waals surface area contributed by atoms with Crippen molar-refractivity contribution in [3.05, 3.63) is 59.9 Å². The minimum atomic E-state index is -3.50. The third-order valence-corrected chi connectivity index (χ3v) is 8.47. The number of nitrogens with zero attached hydrogens (tertiary/aromatic N) is 4. The molecule has 1 amide bonds. The quantitative estimate of drug-likeness (QED) is 0.389. The normalized spacial score (nSPS) is 14.6. The number of aryl methyl sites for hydroxylation is 2. The van der Waals surface area contributed by atoms with E-state index in [-0.39, 0.29) is 5.91 Å². The molecule has 1 aliphatic heterocycles. The summed E-state index contributed by atoms with van der Waals surface area (Å²) in [6.45, 7) is 7.45. The fraction of sp³-hybridized carbons (Fsp3) is 0.481. The van der Waals surface area contributed by atoms with Crippen LogP contribution in [0.25, 0.3) is 11.0 Å². The second kappa shape index (κ2) is 11.4. The van der Waals surface area contributed by atoms with Crippen LogP contribution >= 0.6 is 0 Å². The second-order valence-electron chi connectivity index (χ2n) is 9.24. The van der Waals surface area contributed by atoms with Gasteiger partial charge in [-0.1, -0.05) is 44.2 Å². The van der Waals surface area contributed by atoms with Crippen LogP contribution in [-0.2, 0) is 34.3 Å². The number of sulfonamides is 1. The number of carbonyl (C=O) groups is 1. The maximum absolute atomic E-state index is 13.1. The van der Waals surface area contributed by atoms with Crippen molar-refractivity contribution in [2.75, 3.05) is 19.6 Å². The van der Waals surface area contributed by atoms with Crippen molar-refractivity contribution < 1.29 is 13.2 Å². The smallest absolute Gasteiger partial charge is 0.243 e. The highest BCUT2D eigenvalue weighted by Crippen LogP contribution is 2.26. The molecular formula is C27H36N4O3S. The Balaban J connectivity index is 1.54. The van der Waals surface area contributed by atoms with Gasteiger partial charge in [0.2, 0.25) is 15.9 Å². The van der Waals surface area contributed by atoms with E-state index < -0.39 is 10.0 Å². The maximum Gasteiger partial charge on any atom is 0.243 e. The summed E-state index contributed by atoms with van der Waals surface area (Å²) in [7, 11) is -3.50. The van der Waals surface area contributed by atoms with Crippen LogP contribution in [0.4, 0.5) is 0 Å². The van der Waals surface area contributed by atoms with E-state index >= 15 is 0 Å². The number of rotatable bonds is 11. The van der Waals surface area contributed by atoms with E-state index in [0.29, 0.717) is 42.9 Å². The summed E-state index contributed by atoms with van der Waals surface area (Å²) in [6, 6.07) is 15.3. The van der Waals surface area contributed by atoms with Crippen molar-refractivity contribution in [2.24, 2.45) is 0 Å². The molecule has 8 heteroatoms. The van der Waals surface area contributed by atoms with Gasteiger partial charge in [0.25, 0.3) is 0 Å². The number of benzene rings is 2. The van der Waals surface area contributed by atoms with Crippen molar-refractivity contribution in [3.8, 4) is 0 Å². The predicted molar refractivity (Wildman–Crippen MR) is 138 cm³/mol. The van der Waals surface area contributed by atoms with Crippen LogP contribution in [0, 0.1) is 0 Å². The molecular weight excluding hydrogens is 460 g/mol. The lowest BCUT2D eigenvalue weighted by atomic mass is 10.2. The van der Waals surface area contributed by atoms with E-state index in [0.717, 1.165) is 55.7 Å². The number of hydrogen-bond donors (Lipinski definition) is 0. The Hall–Kier alpha value is -2.71. The van der Waals surface area contributed by atoms with Crippen LogP contribution in [0.1, 0.15) is 57.3 Å². The average molecular weight is 497 g/mol. The predicted octanol–water partition coefficient (Wildman–Crippen LogP) is 4.60. The number of aromatic nitrogens is 2. The average Bonchev–Trinajstić information content (AvgIpc) is 3.52. The fourth-order valence-corrected chi connectivity index (χ4v) is 6.34. The molecule has 2 heterocycles. The molecule has 1 aliphatic rings. The number of imidazole rings is 1. The Kier molecular flexibility index (Phi) is 8.23. The molecule has 1 aromatic heterocycles. The van der Waals surface area contributed by atoms with Crippen molar-refractivity contribution in [1.29, 1.82) is 0 Å². The molecule has 0 aliphatic carbocycles. The topological polar surface area (TPSA) is 75.5 Å². The highest BCUT2D eigenvalue weighted by Gasteiger charge is 2.28. The Morgan fingerprint density at radius 3 is 2.46 bits per heavy atom. The lowest BCUT2D eigenvalue weighted by Gasteiger charge is -2.22. The van der Waals surface area contributed by atoms with Gasteiger partial charge in [-0.05, 0) is 49.4 Å². The lowest BCUT2D eigenvalue weighted by Crippen LogP contribution is -2.31. The van der Waals surface area contributed by atoms with Gasteiger partial charge in [-0.15, -0.1) is 0 Å². The largest absolute Gasteiger partial charge is 0.338 e. The van der Waals surface area contributed by atoms with Gasteiger partial charge in [-0.25, -0.2) is 13.4 Å². The van der Waals surface area contributed by atoms with E-state index in [4.69, 9.17) is 4.98 Å². The molecule has 35 heavy (non-hydrogen) atoms. The zero-order valence-electron chi connectivity index (χ0n) is 20.8. The second-order valence-corrected chi connectivity index (χ2v) is 11.2. The maximum atomic E-state index is 13.1. The first-order valence-corrected chi connectivity index (χ1v) is 14.2. The van der Waals surface area contributed by atoms with Gasteiger partial charge in [-0.2, -0.15) is 4.31 Å². The molecule has 4 rings (SSSR count). The first-order valence-electron chi connectivity index (χ1n) is 12.7. The molecule has 0 bridgehead atoms. The number of hydrogen-bond acceptors (Lipinski definition) is 4. The van der Waals surface area contributed by atoms with Gasteiger partial charge in [0, 0.05) is 45.6 Å². The van der Waals surface area contributed by atoms with Gasteiger partial charge in [0.15, 0.2) is 0 Å². The first kappa shape index (κ1) is 25.4. The highest BCUT2D eigenvalue weighted by atomic mass is 32.2. The molecule has 0 saturated carbocycles. The number of fused-ring (bicyclic) bond motifs is 1. The molecule has 0 unspecified atom stereocenters. The SMILES string of the molecule is CCCN(Cc1ccccc1)C(=O)CCc1nc2cc(S(=O)(=O)N3CCCC3)ccc2n1CCC. The summed E-state index contributed by atoms with van der Waals surface area (Å²) in [5.41, 5.74) is 2.72. The van der Waals surface area contributed by atoms with Gasteiger partial charge in [0.1, 0.15) is 5.82 Å². The van der Waals surface area contributed by atoms with E-state index in [1.807, 2.05) is 41.3 Å².